The molecule has 2 atom stereocenters. The van der Waals surface area contributed by atoms with Crippen LogP contribution in [-0.4, -0.2) is 5.66 Å². The van der Waals surface area contributed by atoms with Gasteiger partial charge in [0.2, 0.25) is 8.03 Å². The minimum absolute atomic E-state index is 0.0286. The van der Waals surface area contributed by atoms with Gasteiger partial charge in [-0.3, -0.25) is 4.57 Å². The first-order chi connectivity index (χ1) is 5.57. The van der Waals surface area contributed by atoms with Crippen molar-refractivity contribution in [3.63, 3.8) is 0 Å². The van der Waals surface area contributed by atoms with Crippen LogP contribution < -0.4 is 0 Å². The van der Waals surface area contributed by atoms with Crippen molar-refractivity contribution in [3.05, 3.63) is 23.4 Å². The van der Waals surface area contributed by atoms with Gasteiger partial charge in [0.25, 0.3) is 0 Å². The minimum Gasteiger partial charge on any atom is -0.450 e. The van der Waals surface area contributed by atoms with Crippen LogP contribution in [0.1, 0.15) is 13.3 Å². The van der Waals surface area contributed by atoms with Gasteiger partial charge >= 0.3 is 0 Å². The first kappa shape index (κ1) is 12.1. The van der Waals surface area contributed by atoms with Gasteiger partial charge in [-0.05, 0) is 6.42 Å². The molecule has 0 saturated heterocycles. The Morgan fingerprint density at radius 2 is 2.33 bits per heavy atom. The highest BCUT2D eigenvalue weighted by atomic mass is 35.5. The van der Waals surface area contributed by atoms with Crippen molar-refractivity contribution in [2.24, 2.45) is 0 Å². The predicted octanol–water partition coefficient (Wildman–Crippen LogP) is 3.72. The molecule has 0 bridgehead atoms. The predicted molar refractivity (Wildman–Crippen MR) is 54.2 cm³/mol. The summed E-state index contributed by atoms with van der Waals surface area (Å²) in [6.07, 6.45) is 3.44. The van der Waals surface area contributed by atoms with Gasteiger partial charge in [-0.2, -0.15) is 0 Å². The molecule has 0 aromatic carbocycles. The van der Waals surface area contributed by atoms with Gasteiger partial charge in [0.15, 0.2) is 0 Å². The van der Waals surface area contributed by atoms with Gasteiger partial charge in [-0.1, -0.05) is 36.2 Å². The fourth-order valence-electron chi connectivity index (χ4n) is 0.565. The second kappa shape index (κ2) is 6.59. The van der Waals surface area contributed by atoms with Gasteiger partial charge in [0.1, 0.15) is 10.8 Å². The van der Waals surface area contributed by atoms with Gasteiger partial charge < -0.3 is 4.52 Å². The normalized spacial score (nSPS) is 14.6. The largest absolute Gasteiger partial charge is 0.450 e. The third kappa shape index (κ3) is 5.70. The standard InChI is InChI=1S/C7H11Cl2O2P/c1-3-4-6(2)12(10)11-5-7(8)9/h3,5-6,12H,1,4H2,2H3. The van der Waals surface area contributed by atoms with Gasteiger partial charge in [0, 0.05) is 5.66 Å². The summed E-state index contributed by atoms with van der Waals surface area (Å²) in [5, 5.41) is 0. The Labute approximate surface area is 83.1 Å². The molecule has 12 heavy (non-hydrogen) atoms. The van der Waals surface area contributed by atoms with Crippen LogP contribution in [0.3, 0.4) is 0 Å². The number of rotatable bonds is 5. The Kier molecular flexibility index (Phi) is 6.64. The molecule has 0 aromatic rings. The molecule has 70 valence electrons. The van der Waals surface area contributed by atoms with Crippen LogP contribution in [0.25, 0.3) is 0 Å². The van der Waals surface area contributed by atoms with Crippen LogP contribution in [-0.2, 0) is 9.09 Å². The minimum atomic E-state index is -2.09. The van der Waals surface area contributed by atoms with Crippen LogP contribution in [0, 0.1) is 0 Å². The molecule has 0 radical (unpaired) electrons. The molecule has 0 aliphatic heterocycles. The number of allylic oxidation sites excluding steroid dienone is 1. The van der Waals surface area contributed by atoms with Crippen molar-refractivity contribution < 1.29 is 9.09 Å². The smallest absolute Gasteiger partial charge is 0.239 e. The van der Waals surface area contributed by atoms with Crippen LogP contribution in [0.15, 0.2) is 23.4 Å². The zero-order valence-corrected chi connectivity index (χ0v) is 9.23. The molecule has 0 spiro atoms. The van der Waals surface area contributed by atoms with Crippen molar-refractivity contribution in [1.82, 2.24) is 0 Å². The third-order valence-corrected chi connectivity index (χ3v) is 2.76. The molecule has 0 amide bonds. The maximum atomic E-state index is 11.2. The molecule has 2 unspecified atom stereocenters. The molecular weight excluding hydrogens is 218 g/mol. The first-order valence-corrected chi connectivity index (χ1v) is 5.55. The highest BCUT2D eigenvalue weighted by Crippen LogP contribution is 2.32. The fraction of sp³-hybridized carbons (Fsp3) is 0.429. The number of halogens is 2. The van der Waals surface area contributed by atoms with E-state index >= 15 is 0 Å². The van der Waals surface area contributed by atoms with E-state index in [1.165, 1.54) is 0 Å². The lowest BCUT2D eigenvalue weighted by Crippen LogP contribution is -1.92. The average Bonchev–Trinajstić information content (AvgIpc) is 2.00. The van der Waals surface area contributed by atoms with Crippen LogP contribution >= 0.6 is 31.2 Å². The molecule has 0 fully saturated rings. The molecule has 0 rings (SSSR count). The Balaban J connectivity index is 3.87. The van der Waals surface area contributed by atoms with Crippen LogP contribution in [0.4, 0.5) is 0 Å². The number of hydrogen-bond acceptors (Lipinski definition) is 2. The molecule has 0 aliphatic rings. The summed E-state index contributed by atoms with van der Waals surface area (Å²) in [4.78, 5) is 0. The first-order valence-electron chi connectivity index (χ1n) is 3.40. The Morgan fingerprint density at radius 1 is 1.75 bits per heavy atom. The zero-order valence-electron chi connectivity index (χ0n) is 6.72. The van der Waals surface area contributed by atoms with Crippen LogP contribution in [0.5, 0.6) is 0 Å². The number of hydrogen-bond donors (Lipinski definition) is 0. The van der Waals surface area contributed by atoms with Gasteiger partial charge in [-0.25, -0.2) is 0 Å². The fourth-order valence-corrected chi connectivity index (χ4v) is 1.63. The molecule has 0 aliphatic carbocycles. The van der Waals surface area contributed by atoms with E-state index in [9.17, 15) is 4.57 Å². The Morgan fingerprint density at radius 3 is 2.75 bits per heavy atom. The molecule has 0 aromatic heterocycles. The van der Waals surface area contributed by atoms with E-state index < -0.39 is 8.03 Å². The highest BCUT2D eigenvalue weighted by molar-refractivity contribution is 7.40. The summed E-state index contributed by atoms with van der Waals surface area (Å²) in [7, 11) is -2.09. The lowest BCUT2D eigenvalue weighted by molar-refractivity contribution is 0.453. The van der Waals surface area contributed by atoms with Gasteiger partial charge in [0.05, 0.1) is 0 Å². The van der Waals surface area contributed by atoms with E-state index in [2.05, 4.69) is 6.58 Å². The summed E-state index contributed by atoms with van der Waals surface area (Å²) >= 11 is 10.5. The van der Waals surface area contributed by atoms with Crippen molar-refractivity contribution in [1.29, 1.82) is 0 Å². The molecule has 0 N–H and O–H groups in total. The molecule has 0 heterocycles. The Hall–Kier alpha value is 0.0900. The van der Waals surface area contributed by atoms with E-state index in [0.717, 1.165) is 6.26 Å². The van der Waals surface area contributed by atoms with Crippen LogP contribution in [0.2, 0.25) is 0 Å². The average molecular weight is 229 g/mol. The van der Waals surface area contributed by atoms with Crippen molar-refractivity contribution in [2.75, 3.05) is 0 Å². The van der Waals surface area contributed by atoms with E-state index in [4.69, 9.17) is 27.7 Å². The molecule has 2 nitrogen and oxygen atoms in total. The molecular formula is C7H11Cl2O2P. The van der Waals surface area contributed by atoms with Crippen molar-refractivity contribution in [2.45, 2.75) is 19.0 Å². The lowest BCUT2D eigenvalue weighted by Gasteiger charge is -2.07. The summed E-state index contributed by atoms with van der Waals surface area (Å²) in [5.41, 5.74) is -0.0311. The summed E-state index contributed by atoms with van der Waals surface area (Å²) in [6, 6.07) is 0. The second-order valence-corrected chi connectivity index (χ2v) is 5.14. The molecule has 0 saturated carbocycles. The van der Waals surface area contributed by atoms with Crippen molar-refractivity contribution in [3.8, 4) is 0 Å². The second-order valence-electron chi connectivity index (χ2n) is 2.27. The van der Waals surface area contributed by atoms with E-state index in [-0.39, 0.29) is 10.2 Å². The maximum Gasteiger partial charge on any atom is 0.239 e. The molecule has 5 heteroatoms. The highest BCUT2D eigenvalue weighted by Gasteiger charge is 2.08. The summed E-state index contributed by atoms with van der Waals surface area (Å²) < 4.78 is 16.0. The topological polar surface area (TPSA) is 26.3 Å². The summed E-state index contributed by atoms with van der Waals surface area (Å²) in [6.45, 7) is 5.35. The van der Waals surface area contributed by atoms with Crippen molar-refractivity contribution >= 4 is 31.2 Å². The van der Waals surface area contributed by atoms with E-state index in [1.807, 2.05) is 6.92 Å². The summed E-state index contributed by atoms with van der Waals surface area (Å²) in [5.74, 6) is 0. The quantitative estimate of drug-likeness (QED) is 0.408. The monoisotopic (exact) mass is 228 g/mol. The maximum absolute atomic E-state index is 11.2. The van der Waals surface area contributed by atoms with Gasteiger partial charge in [-0.15, -0.1) is 6.58 Å². The third-order valence-electron chi connectivity index (χ3n) is 1.19. The van der Waals surface area contributed by atoms with E-state index in [0.29, 0.717) is 6.42 Å². The SMILES string of the molecule is C=CCC(C)[PH](=O)OC=C(Cl)Cl. The zero-order chi connectivity index (χ0) is 9.56. The van der Waals surface area contributed by atoms with E-state index in [1.54, 1.807) is 6.08 Å². The lowest BCUT2D eigenvalue weighted by atomic mass is 10.3. The Bertz CT molecular complexity index is 200.